The van der Waals surface area contributed by atoms with Gasteiger partial charge in [-0.1, -0.05) is 25.1 Å². The molecule has 0 aliphatic carbocycles. The highest BCUT2D eigenvalue weighted by molar-refractivity contribution is 5.82. The zero-order valence-corrected chi connectivity index (χ0v) is 13.4. The maximum atomic E-state index is 10.6. The van der Waals surface area contributed by atoms with Crippen molar-refractivity contribution in [2.75, 3.05) is 19.8 Å². The van der Waals surface area contributed by atoms with E-state index in [1.165, 1.54) is 10.9 Å². The van der Waals surface area contributed by atoms with Crippen molar-refractivity contribution in [2.24, 2.45) is 0 Å². The Morgan fingerprint density at radius 2 is 2.00 bits per heavy atom. The summed E-state index contributed by atoms with van der Waals surface area (Å²) < 4.78 is 11.4. The molecule has 0 bridgehead atoms. The molecule has 4 nitrogen and oxygen atoms in total. The lowest BCUT2D eigenvalue weighted by Gasteiger charge is -2.33. The molecular formula is C18H25NO3. The highest BCUT2D eigenvalue weighted by Crippen LogP contribution is 2.31. The van der Waals surface area contributed by atoms with Crippen LogP contribution >= 0.6 is 0 Å². The lowest BCUT2D eigenvalue weighted by Crippen LogP contribution is -2.45. The average molecular weight is 303 g/mol. The van der Waals surface area contributed by atoms with Crippen LogP contribution in [0.4, 0.5) is 0 Å². The lowest BCUT2D eigenvalue weighted by atomic mass is 9.94. The molecule has 1 aliphatic rings. The molecule has 0 saturated carbocycles. The number of benzene rings is 1. The molecule has 0 spiro atoms. The van der Waals surface area contributed by atoms with Gasteiger partial charge in [0.25, 0.3) is 0 Å². The summed E-state index contributed by atoms with van der Waals surface area (Å²) in [5.41, 5.74) is 1.53. The van der Waals surface area contributed by atoms with E-state index in [-0.39, 0.29) is 6.04 Å². The molecule has 1 aromatic carbocycles. The number of rotatable bonds is 5. The van der Waals surface area contributed by atoms with Crippen LogP contribution in [-0.4, -0.2) is 30.5 Å². The first kappa shape index (κ1) is 15.5. The molecule has 0 amide bonds. The highest BCUT2D eigenvalue weighted by Gasteiger charge is 2.30. The van der Waals surface area contributed by atoms with Gasteiger partial charge < -0.3 is 19.6 Å². The third kappa shape index (κ3) is 3.05. The van der Waals surface area contributed by atoms with Crippen molar-refractivity contribution in [3.63, 3.8) is 0 Å². The van der Waals surface area contributed by atoms with Gasteiger partial charge in [0.1, 0.15) is 11.3 Å². The van der Waals surface area contributed by atoms with Crippen molar-refractivity contribution in [1.82, 2.24) is 5.32 Å². The third-order valence-electron chi connectivity index (χ3n) is 4.64. The first-order chi connectivity index (χ1) is 10.6. The normalized spacial score (nSPS) is 19.4. The van der Waals surface area contributed by atoms with Crippen LogP contribution in [0.1, 0.15) is 44.1 Å². The van der Waals surface area contributed by atoms with Crippen molar-refractivity contribution in [1.29, 1.82) is 0 Å². The number of fused-ring (bicyclic) bond motifs is 1. The zero-order chi connectivity index (χ0) is 15.6. The molecule has 4 heteroatoms. The van der Waals surface area contributed by atoms with Crippen LogP contribution in [0.2, 0.25) is 0 Å². The van der Waals surface area contributed by atoms with Crippen molar-refractivity contribution in [3.8, 4) is 0 Å². The minimum atomic E-state index is -0.662. The van der Waals surface area contributed by atoms with Crippen LogP contribution in [0.5, 0.6) is 0 Å². The van der Waals surface area contributed by atoms with Crippen molar-refractivity contribution in [2.45, 2.75) is 44.8 Å². The van der Waals surface area contributed by atoms with Gasteiger partial charge in [0.2, 0.25) is 0 Å². The predicted octanol–water partition coefficient (Wildman–Crippen LogP) is 3.19. The second kappa shape index (κ2) is 6.41. The maximum absolute atomic E-state index is 10.6. The fourth-order valence-corrected chi connectivity index (χ4v) is 3.20. The summed E-state index contributed by atoms with van der Waals surface area (Å²) in [7, 11) is 0. The number of hydrogen-bond donors (Lipinski definition) is 2. The highest BCUT2D eigenvalue weighted by atomic mass is 16.5. The van der Waals surface area contributed by atoms with E-state index in [0.717, 1.165) is 17.8 Å². The first-order valence-electron chi connectivity index (χ1n) is 8.17. The van der Waals surface area contributed by atoms with Crippen molar-refractivity contribution in [3.05, 3.63) is 35.6 Å². The first-order valence-corrected chi connectivity index (χ1v) is 8.17. The van der Waals surface area contributed by atoms with E-state index in [0.29, 0.717) is 32.6 Å². The van der Waals surface area contributed by atoms with Gasteiger partial charge in [0, 0.05) is 43.5 Å². The van der Waals surface area contributed by atoms with Crippen LogP contribution in [0, 0.1) is 0 Å². The maximum Gasteiger partial charge on any atom is 0.134 e. The van der Waals surface area contributed by atoms with Gasteiger partial charge in [-0.05, 0) is 19.4 Å². The number of nitrogens with one attached hydrogen (secondary N) is 1. The summed E-state index contributed by atoms with van der Waals surface area (Å²) >= 11 is 0. The Hall–Kier alpha value is -1.36. The lowest BCUT2D eigenvalue weighted by molar-refractivity contribution is -0.0628. The fraction of sp³-hybridized carbons (Fsp3) is 0.556. The van der Waals surface area contributed by atoms with Crippen LogP contribution in [0.3, 0.4) is 0 Å². The van der Waals surface area contributed by atoms with Gasteiger partial charge in [-0.2, -0.15) is 0 Å². The zero-order valence-electron chi connectivity index (χ0n) is 13.4. The Morgan fingerprint density at radius 1 is 1.27 bits per heavy atom. The van der Waals surface area contributed by atoms with E-state index in [2.05, 4.69) is 25.2 Å². The predicted molar refractivity (Wildman–Crippen MR) is 87.0 cm³/mol. The SMILES string of the molecule is CCc1c(C(C)NCC2(O)CCOCC2)oc2ccccc12. The molecule has 120 valence electrons. The Morgan fingerprint density at radius 3 is 2.73 bits per heavy atom. The summed E-state index contributed by atoms with van der Waals surface area (Å²) in [6, 6.07) is 8.24. The largest absolute Gasteiger partial charge is 0.459 e. The third-order valence-corrected chi connectivity index (χ3v) is 4.64. The summed E-state index contributed by atoms with van der Waals surface area (Å²) in [5, 5.41) is 15.2. The van der Waals surface area contributed by atoms with Crippen LogP contribution in [0.25, 0.3) is 11.0 Å². The second-order valence-electron chi connectivity index (χ2n) is 6.23. The minimum absolute atomic E-state index is 0.0780. The van der Waals surface area contributed by atoms with Crippen molar-refractivity contribution >= 4 is 11.0 Å². The van der Waals surface area contributed by atoms with Crippen molar-refractivity contribution < 1.29 is 14.3 Å². The summed E-state index contributed by atoms with van der Waals surface area (Å²) in [6.07, 6.45) is 2.32. The quantitative estimate of drug-likeness (QED) is 0.890. The second-order valence-corrected chi connectivity index (χ2v) is 6.23. The molecule has 2 aromatic rings. The molecule has 3 rings (SSSR count). The Labute approximate surface area is 131 Å². The number of aliphatic hydroxyl groups is 1. The van der Waals surface area contributed by atoms with E-state index in [1.54, 1.807) is 0 Å². The number of hydrogen-bond acceptors (Lipinski definition) is 4. The molecule has 1 unspecified atom stereocenters. The number of ether oxygens (including phenoxy) is 1. The van der Waals surface area contributed by atoms with E-state index >= 15 is 0 Å². The van der Waals surface area contributed by atoms with Gasteiger partial charge in [-0.25, -0.2) is 0 Å². The monoisotopic (exact) mass is 303 g/mol. The fourth-order valence-electron chi connectivity index (χ4n) is 3.20. The standard InChI is InChI=1S/C18H25NO3/c1-3-14-15-6-4-5-7-16(15)22-17(14)13(2)19-12-18(20)8-10-21-11-9-18/h4-7,13,19-20H,3,8-12H2,1-2H3. The molecule has 0 radical (unpaired) electrons. The average Bonchev–Trinajstić information content (AvgIpc) is 2.92. The molecular weight excluding hydrogens is 278 g/mol. The van der Waals surface area contributed by atoms with Gasteiger partial charge in [-0.15, -0.1) is 0 Å². The molecule has 1 saturated heterocycles. The molecule has 2 N–H and O–H groups in total. The van der Waals surface area contributed by atoms with Crippen LogP contribution in [-0.2, 0) is 11.2 Å². The Kier molecular flexibility index (Phi) is 4.52. The van der Waals surface area contributed by atoms with Gasteiger partial charge >= 0.3 is 0 Å². The van der Waals surface area contributed by atoms with Crippen LogP contribution < -0.4 is 5.32 Å². The molecule has 1 atom stereocenters. The molecule has 1 aromatic heterocycles. The topological polar surface area (TPSA) is 54.6 Å². The molecule has 22 heavy (non-hydrogen) atoms. The van der Waals surface area contributed by atoms with E-state index in [9.17, 15) is 5.11 Å². The Bertz CT molecular complexity index is 628. The van der Waals surface area contributed by atoms with E-state index in [4.69, 9.17) is 9.15 Å². The number of aryl methyl sites for hydroxylation is 1. The summed E-state index contributed by atoms with van der Waals surface area (Å²) in [6.45, 7) is 6.09. The van der Waals surface area contributed by atoms with Gasteiger partial charge in [0.15, 0.2) is 0 Å². The summed E-state index contributed by atoms with van der Waals surface area (Å²) in [4.78, 5) is 0. The molecule has 1 fully saturated rings. The molecule has 1 aliphatic heterocycles. The van der Waals surface area contributed by atoms with E-state index in [1.807, 2.05) is 18.2 Å². The smallest absolute Gasteiger partial charge is 0.134 e. The summed E-state index contributed by atoms with van der Waals surface area (Å²) in [5.74, 6) is 0.986. The van der Waals surface area contributed by atoms with Gasteiger partial charge in [0.05, 0.1) is 11.6 Å². The van der Waals surface area contributed by atoms with E-state index < -0.39 is 5.60 Å². The molecule has 2 heterocycles. The number of para-hydroxylation sites is 1. The number of furan rings is 1. The Balaban J connectivity index is 1.75. The van der Waals surface area contributed by atoms with Gasteiger partial charge in [-0.3, -0.25) is 0 Å². The minimum Gasteiger partial charge on any atom is -0.459 e. The van der Waals surface area contributed by atoms with Crippen LogP contribution in [0.15, 0.2) is 28.7 Å².